The summed E-state index contributed by atoms with van der Waals surface area (Å²) < 4.78 is 5.56. The molecule has 8 nitrogen and oxygen atoms in total. The number of ether oxygens (including phenoxy) is 1. The summed E-state index contributed by atoms with van der Waals surface area (Å²) in [6.07, 6.45) is 8.40. The van der Waals surface area contributed by atoms with Crippen LogP contribution >= 0.6 is 0 Å². The van der Waals surface area contributed by atoms with Crippen molar-refractivity contribution in [3.8, 4) is 5.88 Å². The molecule has 0 unspecified atom stereocenters. The monoisotopic (exact) mass is 538 g/mol. The van der Waals surface area contributed by atoms with Gasteiger partial charge in [-0.25, -0.2) is 4.98 Å². The van der Waals surface area contributed by atoms with E-state index in [2.05, 4.69) is 36.0 Å². The van der Waals surface area contributed by atoms with E-state index >= 15 is 0 Å². The average molecular weight is 539 g/mol. The van der Waals surface area contributed by atoms with Gasteiger partial charge in [-0.15, -0.1) is 0 Å². The molecular weight excluding hydrogens is 492 g/mol. The molecule has 4 aliphatic rings. The number of amides is 3. The molecule has 8 heteroatoms. The van der Waals surface area contributed by atoms with Crippen LogP contribution in [0.25, 0.3) is 0 Å². The molecular formula is C31H46N4O4. The fourth-order valence-corrected chi connectivity index (χ4v) is 7.41. The number of likely N-dealkylation sites (tertiary alicyclic amines) is 1. The van der Waals surface area contributed by atoms with Crippen molar-refractivity contribution in [3.05, 3.63) is 22.9 Å². The lowest BCUT2D eigenvalue weighted by Gasteiger charge is -2.51. The molecule has 1 aromatic rings. The van der Waals surface area contributed by atoms with Crippen molar-refractivity contribution in [2.24, 2.45) is 23.7 Å². The molecule has 3 aliphatic heterocycles. The van der Waals surface area contributed by atoms with Gasteiger partial charge in [0.15, 0.2) is 0 Å². The summed E-state index contributed by atoms with van der Waals surface area (Å²) in [6, 6.07) is 2.22. The van der Waals surface area contributed by atoms with Gasteiger partial charge in [0.05, 0.1) is 7.11 Å². The highest BCUT2D eigenvalue weighted by atomic mass is 16.5. The van der Waals surface area contributed by atoms with Crippen molar-refractivity contribution in [2.75, 3.05) is 26.7 Å². The quantitative estimate of drug-likeness (QED) is 0.628. The highest BCUT2D eigenvalue weighted by Crippen LogP contribution is 2.38. The minimum Gasteiger partial charge on any atom is -0.480 e. The fourth-order valence-electron chi connectivity index (χ4n) is 7.41. The summed E-state index contributed by atoms with van der Waals surface area (Å²) in [5.74, 6) is 1.89. The van der Waals surface area contributed by atoms with Crippen LogP contribution in [0.15, 0.2) is 6.07 Å². The topological polar surface area (TPSA) is 91.8 Å². The van der Waals surface area contributed by atoms with Gasteiger partial charge in [0.25, 0.3) is 5.91 Å². The molecule has 1 aromatic heterocycles. The Morgan fingerprint density at radius 2 is 1.90 bits per heavy atom. The largest absolute Gasteiger partial charge is 0.480 e. The predicted molar refractivity (Wildman–Crippen MR) is 149 cm³/mol. The molecule has 3 fully saturated rings. The van der Waals surface area contributed by atoms with Gasteiger partial charge >= 0.3 is 0 Å². The first-order valence-corrected chi connectivity index (χ1v) is 15.2. The molecule has 5 rings (SSSR count). The second-order valence-corrected chi connectivity index (χ2v) is 12.9. The van der Waals surface area contributed by atoms with E-state index < -0.39 is 0 Å². The van der Waals surface area contributed by atoms with E-state index in [1.165, 1.54) is 0 Å². The first kappa shape index (κ1) is 27.9. The number of hydrogen-bond donors (Lipinski definition) is 1. The summed E-state index contributed by atoms with van der Waals surface area (Å²) in [5.41, 5.74) is 2.77. The van der Waals surface area contributed by atoms with Crippen LogP contribution in [-0.4, -0.2) is 71.3 Å². The number of aryl methyl sites for hydroxylation is 2. The number of rotatable bonds is 3. The van der Waals surface area contributed by atoms with Gasteiger partial charge in [-0.3, -0.25) is 14.4 Å². The molecule has 0 radical (unpaired) electrons. The molecule has 0 saturated carbocycles. The Bertz CT molecular complexity index is 1090. The smallest absolute Gasteiger partial charge is 0.259 e. The minimum atomic E-state index is -0.0131. The lowest BCUT2D eigenvalue weighted by Crippen LogP contribution is -2.60. The van der Waals surface area contributed by atoms with Crippen molar-refractivity contribution in [2.45, 2.75) is 97.1 Å². The number of nitrogens with zero attached hydrogens (tertiary/aromatic N) is 3. The van der Waals surface area contributed by atoms with Gasteiger partial charge < -0.3 is 19.9 Å². The van der Waals surface area contributed by atoms with Crippen molar-refractivity contribution in [1.29, 1.82) is 0 Å². The number of carbonyl (C=O) groups is 3. The lowest BCUT2D eigenvalue weighted by atomic mass is 9.77. The number of carbonyl (C=O) groups excluding carboxylic acids is 3. The number of fused-ring (bicyclic) bond motifs is 5. The molecule has 1 N–H and O–H groups in total. The Balaban J connectivity index is 1.34. The van der Waals surface area contributed by atoms with Crippen LogP contribution in [0.4, 0.5) is 0 Å². The van der Waals surface area contributed by atoms with Crippen molar-refractivity contribution in [3.63, 3.8) is 0 Å². The van der Waals surface area contributed by atoms with Crippen LogP contribution in [0.5, 0.6) is 5.88 Å². The molecule has 0 aromatic carbocycles. The van der Waals surface area contributed by atoms with Gasteiger partial charge in [-0.1, -0.05) is 20.8 Å². The number of piperidine rings is 2. The van der Waals surface area contributed by atoms with Crippen molar-refractivity contribution < 1.29 is 19.1 Å². The van der Waals surface area contributed by atoms with E-state index in [0.29, 0.717) is 49.8 Å². The third kappa shape index (κ3) is 6.09. The maximum atomic E-state index is 13.8. The molecule has 2 bridgehead atoms. The molecule has 0 spiro atoms. The molecule has 214 valence electrons. The molecule has 3 amide bonds. The Hall–Kier alpha value is -2.64. The first-order chi connectivity index (χ1) is 18.7. The second kappa shape index (κ2) is 11.8. The van der Waals surface area contributed by atoms with Crippen molar-refractivity contribution >= 4 is 17.7 Å². The van der Waals surface area contributed by atoms with E-state index in [9.17, 15) is 14.4 Å². The Morgan fingerprint density at radius 1 is 1.08 bits per heavy atom. The zero-order chi connectivity index (χ0) is 27.7. The highest BCUT2D eigenvalue weighted by Gasteiger charge is 2.44. The molecule has 5 atom stereocenters. The molecule has 39 heavy (non-hydrogen) atoms. The Morgan fingerprint density at radius 3 is 2.67 bits per heavy atom. The van der Waals surface area contributed by atoms with Crippen LogP contribution in [0.3, 0.4) is 0 Å². The van der Waals surface area contributed by atoms with Crippen LogP contribution in [0.1, 0.15) is 93.8 Å². The van der Waals surface area contributed by atoms with E-state index in [0.717, 1.165) is 62.6 Å². The van der Waals surface area contributed by atoms with Gasteiger partial charge in [0, 0.05) is 50.3 Å². The van der Waals surface area contributed by atoms with E-state index in [1.54, 1.807) is 7.11 Å². The zero-order valence-electron chi connectivity index (χ0n) is 24.2. The minimum absolute atomic E-state index is 0.0131. The summed E-state index contributed by atoms with van der Waals surface area (Å²) in [4.78, 5) is 49.0. The Kier molecular flexibility index (Phi) is 8.48. The van der Waals surface area contributed by atoms with Gasteiger partial charge in [-0.05, 0) is 86.7 Å². The molecule has 1 aliphatic carbocycles. The van der Waals surface area contributed by atoms with Crippen molar-refractivity contribution in [1.82, 2.24) is 20.1 Å². The second-order valence-electron chi connectivity index (χ2n) is 12.9. The van der Waals surface area contributed by atoms with Crippen LogP contribution in [0.2, 0.25) is 0 Å². The summed E-state index contributed by atoms with van der Waals surface area (Å²) in [6.45, 7) is 8.44. The fraction of sp³-hybridized carbons (Fsp3) is 0.742. The van der Waals surface area contributed by atoms with Gasteiger partial charge in [0.2, 0.25) is 17.7 Å². The van der Waals surface area contributed by atoms with Gasteiger partial charge in [0.1, 0.15) is 5.56 Å². The number of aromatic nitrogens is 1. The van der Waals surface area contributed by atoms with E-state index in [-0.39, 0.29) is 47.6 Å². The third-order valence-electron chi connectivity index (χ3n) is 9.56. The maximum absolute atomic E-state index is 13.8. The number of nitrogens with one attached hydrogen (secondary N) is 1. The van der Waals surface area contributed by atoms with Crippen LogP contribution in [-0.2, 0) is 22.4 Å². The van der Waals surface area contributed by atoms with Crippen LogP contribution in [0, 0.1) is 23.7 Å². The van der Waals surface area contributed by atoms with Gasteiger partial charge in [-0.2, -0.15) is 0 Å². The van der Waals surface area contributed by atoms with E-state index in [4.69, 9.17) is 4.74 Å². The third-order valence-corrected chi connectivity index (χ3v) is 9.56. The average Bonchev–Trinajstić information content (AvgIpc) is 3.37. The highest BCUT2D eigenvalue weighted by molar-refractivity contribution is 5.97. The maximum Gasteiger partial charge on any atom is 0.259 e. The summed E-state index contributed by atoms with van der Waals surface area (Å²) in [5, 5.41) is 3.26. The predicted octanol–water partition coefficient (Wildman–Crippen LogP) is 4.00. The summed E-state index contributed by atoms with van der Waals surface area (Å²) >= 11 is 0. The van der Waals surface area contributed by atoms with E-state index in [1.807, 2.05) is 11.0 Å². The Labute approximate surface area is 233 Å². The molecule has 4 heterocycles. The number of hydrogen-bond acceptors (Lipinski definition) is 5. The normalized spacial score (nSPS) is 30.0. The number of pyridine rings is 1. The number of methoxy groups -OCH3 is 1. The van der Waals surface area contributed by atoms with Crippen LogP contribution < -0.4 is 10.1 Å². The first-order valence-electron chi connectivity index (χ1n) is 15.2. The zero-order valence-corrected chi connectivity index (χ0v) is 24.2. The SMILES string of the molecule is COc1nc2c(cc1C(=O)N1C[C@@H]3C[C@@H](C1)[C@@H]1CCCC(=O)N[C@H](C(C)C)CC[C@@H](C)CC(=O)N1C3)CCC2. The molecule has 3 saturated heterocycles. The lowest BCUT2D eigenvalue weighted by molar-refractivity contribution is -0.141. The standard InChI is InChI=1S/C31H46N4O4/c1-19(2)25-12-11-20(3)13-29(37)35-17-21-14-23(27(35)9-6-10-28(36)32-25)18-34(16-21)31(38)24-15-22-7-5-8-26(22)33-30(24)39-4/h15,19-21,23,25,27H,5-14,16-18H2,1-4H3,(H,32,36)/t20-,21+,23+,25+,27+/m1/s1. The summed E-state index contributed by atoms with van der Waals surface area (Å²) in [7, 11) is 1.59.